The third-order valence-electron chi connectivity index (χ3n) is 4.39. The lowest BCUT2D eigenvalue weighted by atomic mass is 9.95. The lowest BCUT2D eigenvalue weighted by Gasteiger charge is -2.25. The lowest BCUT2D eigenvalue weighted by molar-refractivity contribution is -0.116. The van der Waals surface area contributed by atoms with Crippen molar-refractivity contribution in [3.05, 3.63) is 24.3 Å². The monoisotopic (exact) mass is 336 g/mol. The molecule has 1 aromatic carbocycles. The van der Waals surface area contributed by atoms with Crippen molar-refractivity contribution in [2.24, 2.45) is 5.73 Å². The summed E-state index contributed by atoms with van der Waals surface area (Å²) in [5.41, 5.74) is 7.54. The summed E-state index contributed by atoms with van der Waals surface area (Å²) in [7, 11) is 0. The van der Waals surface area contributed by atoms with Crippen molar-refractivity contribution in [2.75, 3.05) is 11.9 Å². The zero-order valence-corrected chi connectivity index (χ0v) is 14.1. The topological polar surface area (TPSA) is 72.9 Å². The molecule has 23 heavy (non-hydrogen) atoms. The van der Waals surface area contributed by atoms with E-state index in [1.807, 2.05) is 18.2 Å². The lowest BCUT2D eigenvalue weighted by Crippen LogP contribution is -2.20. The van der Waals surface area contributed by atoms with Gasteiger partial charge in [-0.15, -0.1) is 12.4 Å². The van der Waals surface area contributed by atoms with Gasteiger partial charge in [0.1, 0.15) is 0 Å². The van der Waals surface area contributed by atoms with E-state index in [1.54, 1.807) is 0 Å². The van der Waals surface area contributed by atoms with Crippen LogP contribution in [0.15, 0.2) is 24.3 Å². The van der Waals surface area contributed by atoms with Gasteiger partial charge in [-0.1, -0.05) is 31.4 Å². The van der Waals surface area contributed by atoms with Crippen LogP contribution in [0.4, 0.5) is 5.95 Å². The summed E-state index contributed by atoms with van der Waals surface area (Å²) >= 11 is 0. The fraction of sp³-hybridized carbons (Fsp3) is 0.529. The fourth-order valence-corrected chi connectivity index (χ4v) is 3.29. The number of rotatable bonds is 5. The van der Waals surface area contributed by atoms with Gasteiger partial charge in [0.15, 0.2) is 0 Å². The molecule has 2 aromatic rings. The molecular formula is C17H25ClN4O. The van der Waals surface area contributed by atoms with Crippen molar-refractivity contribution >= 4 is 35.3 Å². The number of nitrogens with two attached hydrogens (primary N) is 1. The molecule has 5 nitrogen and oxygen atoms in total. The number of hydrogen-bond donors (Lipinski definition) is 2. The van der Waals surface area contributed by atoms with Gasteiger partial charge < -0.3 is 10.3 Å². The molecule has 0 spiro atoms. The van der Waals surface area contributed by atoms with Crippen LogP contribution in [0, 0.1) is 0 Å². The summed E-state index contributed by atoms with van der Waals surface area (Å²) in [4.78, 5) is 16.7. The SMILES string of the molecule is Cl.NCCCC(=O)Nc1nc2ccccc2n1C1CCCCC1. The average Bonchev–Trinajstić information content (AvgIpc) is 2.91. The minimum atomic E-state index is -0.00202. The van der Waals surface area contributed by atoms with E-state index in [1.165, 1.54) is 19.3 Å². The molecule has 3 rings (SSSR count). The quantitative estimate of drug-likeness (QED) is 0.875. The molecule has 1 fully saturated rings. The molecular weight excluding hydrogens is 312 g/mol. The largest absolute Gasteiger partial charge is 0.330 e. The molecule has 0 saturated heterocycles. The number of hydrogen-bond acceptors (Lipinski definition) is 3. The Hall–Kier alpha value is -1.59. The second-order valence-corrected chi connectivity index (χ2v) is 6.03. The number of nitrogens with one attached hydrogen (secondary N) is 1. The highest BCUT2D eigenvalue weighted by Gasteiger charge is 2.22. The minimum Gasteiger partial charge on any atom is -0.330 e. The highest BCUT2D eigenvalue weighted by molar-refractivity contribution is 5.91. The van der Waals surface area contributed by atoms with Gasteiger partial charge in [0.05, 0.1) is 11.0 Å². The second-order valence-electron chi connectivity index (χ2n) is 6.03. The number of carbonyl (C=O) groups is 1. The van der Waals surface area contributed by atoms with Gasteiger partial charge in [0, 0.05) is 12.5 Å². The van der Waals surface area contributed by atoms with Gasteiger partial charge in [-0.3, -0.25) is 10.1 Å². The highest BCUT2D eigenvalue weighted by atomic mass is 35.5. The van der Waals surface area contributed by atoms with E-state index in [0.717, 1.165) is 23.9 Å². The Labute approximate surface area is 143 Å². The van der Waals surface area contributed by atoms with Gasteiger partial charge in [-0.25, -0.2) is 4.98 Å². The molecule has 1 amide bonds. The summed E-state index contributed by atoms with van der Waals surface area (Å²) in [5.74, 6) is 0.688. The molecule has 0 atom stereocenters. The number of fused-ring (bicyclic) bond motifs is 1. The Bertz CT molecular complexity index is 649. The van der Waals surface area contributed by atoms with Crippen molar-refractivity contribution in [1.29, 1.82) is 0 Å². The van der Waals surface area contributed by atoms with Crippen LogP contribution in [-0.4, -0.2) is 22.0 Å². The van der Waals surface area contributed by atoms with Crippen LogP contribution in [0.3, 0.4) is 0 Å². The minimum absolute atomic E-state index is 0. The molecule has 1 saturated carbocycles. The maximum atomic E-state index is 12.1. The molecule has 0 bridgehead atoms. The zero-order chi connectivity index (χ0) is 15.4. The summed E-state index contributed by atoms with van der Waals surface area (Å²) in [6.45, 7) is 0.534. The molecule has 1 aromatic heterocycles. The predicted molar refractivity (Wildman–Crippen MR) is 96.0 cm³/mol. The van der Waals surface area contributed by atoms with Gasteiger partial charge in [0.25, 0.3) is 0 Å². The van der Waals surface area contributed by atoms with E-state index in [0.29, 0.717) is 31.4 Å². The van der Waals surface area contributed by atoms with E-state index >= 15 is 0 Å². The molecule has 1 aliphatic carbocycles. The number of imidazole rings is 1. The first kappa shape index (κ1) is 17.8. The average molecular weight is 337 g/mol. The van der Waals surface area contributed by atoms with Gasteiger partial charge in [-0.05, 0) is 37.9 Å². The number of nitrogens with zero attached hydrogens (tertiary/aromatic N) is 2. The van der Waals surface area contributed by atoms with Crippen LogP contribution < -0.4 is 11.1 Å². The Balaban J connectivity index is 0.00000192. The first-order valence-electron chi connectivity index (χ1n) is 8.26. The molecule has 3 N–H and O–H groups in total. The van der Waals surface area contributed by atoms with E-state index in [-0.39, 0.29) is 18.3 Å². The second kappa shape index (κ2) is 8.31. The third-order valence-corrected chi connectivity index (χ3v) is 4.39. The summed E-state index contributed by atoms with van der Waals surface area (Å²) in [5, 5.41) is 2.99. The van der Waals surface area contributed by atoms with Gasteiger partial charge in [-0.2, -0.15) is 0 Å². The zero-order valence-electron chi connectivity index (χ0n) is 13.3. The molecule has 0 aliphatic heterocycles. The summed E-state index contributed by atoms with van der Waals surface area (Å²) < 4.78 is 2.23. The molecule has 0 radical (unpaired) electrons. The van der Waals surface area contributed by atoms with Gasteiger partial charge in [0.2, 0.25) is 11.9 Å². The molecule has 0 unspecified atom stereocenters. The van der Waals surface area contributed by atoms with Crippen molar-refractivity contribution in [3.63, 3.8) is 0 Å². The Morgan fingerprint density at radius 2 is 2.00 bits per heavy atom. The molecule has 1 heterocycles. The number of benzene rings is 1. The van der Waals surface area contributed by atoms with E-state index in [2.05, 4.69) is 20.9 Å². The fourth-order valence-electron chi connectivity index (χ4n) is 3.29. The predicted octanol–water partition coefficient (Wildman–Crippen LogP) is 3.64. The van der Waals surface area contributed by atoms with E-state index < -0.39 is 0 Å². The highest BCUT2D eigenvalue weighted by Crippen LogP contribution is 2.34. The van der Waals surface area contributed by atoms with Crippen molar-refractivity contribution in [1.82, 2.24) is 9.55 Å². The smallest absolute Gasteiger partial charge is 0.226 e. The number of para-hydroxylation sites is 2. The Morgan fingerprint density at radius 1 is 1.26 bits per heavy atom. The van der Waals surface area contributed by atoms with Crippen LogP contribution in [0.5, 0.6) is 0 Å². The van der Waals surface area contributed by atoms with E-state index in [4.69, 9.17) is 5.73 Å². The molecule has 126 valence electrons. The Kier molecular flexibility index (Phi) is 6.42. The van der Waals surface area contributed by atoms with Crippen LogP contribution in [0.2, 0.25) is 0 Å². The van der Waals surface area contributed by atoms with Crippen LogP contribution in [0.25, 0.3) is 11.0 Å². The van der Waals surface area contributed by atoms with Crippen molar-refractivity contribution in [3.8, 4) is 0 Å². The standard InChI is InChI=1S/C17H24N4O.ClH/c18-12-6-11-16(22)20-17-19-14-9-4-5-10-15(14)21(17)13-7-2-1-3-8-13;/h4-5,9-10,13H,1-3,6-8,11-12,18H2,(H,19,20,22);1H. The maximum absolute atomic E-state index is 12.1. The molecule has 1 aliphatic rings. The third kappa shape index (κ3) is 4.03. The van der Waals surface area contributed by atoms with Crippen molar-refractivity contribution in [2.45, 2.75) is 51.0 Å². The number of halogens is 1. The van der Waals surface area contributed by atoms with E-state index in [9.17, 15) is 4.79 Å². The number of anilines is 1. The van der Waals surface area contributed by atoms with Crippen LogP contribution in [-0.2, 0) is 4.79 Å². The first-order valence-corrected chi connectivity index (χ1v) is 8.26. The number of aromatic nitrogens is 2. The summed E-state index contributed by atoms with van der Waals surface area (Å²) in [6.07, 6.45) is 7.27. The van der Waals surface area contributed by atoms with Gasteiger partial charge >= 0.3 is 0 Å². The normalized spacial score (nSPS) is 15.3. The number of amides is 1. The maximum Gasteiger partial charge on any atom is 0.226 e. The number of carbonyl (C=O) groups excluding carboxylic acids is 1. The van der Waals surface area contributed by atoms with Crippen LogP contribution >= 0.6 is 12.4 Å². The van der Waals surface area contributed by atoms with Crippen molar-refractivity contribution < 1.29 is 4.79 Å². The Morgan fingerprint density at radius 3 is 2.74 bits per heavy atom. The first-order chi connectivity index (χ1) is 10.8. The summed E-state index contributed by atoms with van der Waals surface area (Å²) in [6, 6.07) is 8.55. The van der Waals surface area contributed by atoms with Crippen LogP contribution in [0.1, 0.15) is 51.0 Å². The molecule has 6 heteroatoms.